The zero-order valence-corrected chi connectivity index (χ0v) is 22.0. The van der Waals surface area contributed by atoms with Crippen LogP contribution in [0.15, 0.2) is 63.5 Å². The summed E-state index contributed by atoms with van der Waals surface area (Å²) in [7, 11) is 1.54. The number of para-hydroxylation sites is 1. The van der Waals surface area contributed by atoms with E-state index >= 15 is 0 Å². The third-order valence-corrected chi connectivity index (χ3v) is 7.54. The zero-order chi connectivity index (χ0) is 26.3. The number of rotatable bonds is 6. The van der Waals surface area contributed by atoms with Crippen molar-refractivity contribution in [2.75, 3.05) is 19.0 Å². The van der Waals surface area contributed by atoms with Crippen molar-refractivity contribution < 1.29 is 19.1 Å². The highest BCUT2D eigenvalue weighted by molar-refractivity contribution is 7.07. The maximum absolute atomic E-state index is 14.1. The second kappa shape index (κ2) is 9.99. The van der Waals surface area contributed by atoms with Gasteiger partial charge in [-0.1, -0.05) is 54.5 Å². The fourth-order valence-electron chi connectivity index (χ4n) is 4.72. The van der Waals surface area contributed by atoms with E-state index in [2.05, 4.69) is 5.32 Å². The van der Waals surface area contributed by atoms with Crippen molar-refractivity contribution in [2.24, 2.45) is 4.99 Å². The molecule has 0 spiro atoms. The molecule has 0 aliphatic carbocycles. The van der Waals surface area contributed by atoms with Gasteiger partial charge in [-0.3, -0.25) is 14.2 Å². The average molecular weight is 538 g/mol. The molecule has 0 fully saturated rings. The number of nitrogens with one attached hydrogen (secondary N) is 1. The summed E-state index contributed by atoms with van der Waals surface area (Å²) in [5.41, 5.74) is 2.39. The molecule has 1 amide bonds. The number of esters is 1. The molecule has 2 aliphatic rings. The van der Waals surface area contributed by atoms with Crippen LogP contribution in [0.5, 0.6) is 5.75 Å². The molecule has 1 aromatic heterocycles. The minimum atomic E-state index is -0.842. The lowest BCUT2D eigenvalue weighted by Crippen LogP contribution is -2.41. The van der Waals surface area contributed by atoms with Gasteiger partial charge in [0.15, 0.2) is 4.80 Å². The molecule has 8 nitrogen and oxygen atoms in total. The Kier molecular flexibility index (Phi) is 6.74. The van der Waals surface area contributed by atoms with Crippen LogP contribution in [-0.4, -0.2) is 30.2 Å². The summed E-state index contributed by atoms with van der Waals surface area (Å²) in [4.78, 5) is 45.6. The SMILES string of the molecule is CCCC1=C(C(=O)OCC)[C@H](c2ccccc2OC)n2c(s/c(=C3\C(=O)Nc4ccc(Cl)cc43)c2=O)=N1. The lowest BCUT2D eigenvalue weighted by atomic mass is 9.93. The Bertz CT molecular complexity index is 1650. The van der Waals surface area contributed by atoms with Crippen LogP contribution >= 0.6 is 22.9 Å². The normalized spacial score (nSPS) is 17.6. The Hall–Kier alpha value is -3.69. The van der Waals surface area contributed by atoms with Crippen molar-refractivity contribution in [3.63, 3.8) is 0 Å². The number of hydrogen-bond donors (Lipinski definition) is 1. The van der Waals surface area contributed by atoms with Crippen LogP contribution in [-0.2, 0) is 14.3 Å². The van der Waals surface area contributed by atoms with Gasteiger partial charge in [-0.15, -0.1) is 0 Å². The number of carbonyl (C=O) groups is 2. The summed E-state index contributed by atoms with van der Waals surface area (Å²) in [5, 5.41) is 3.25. The van der Waals surface area contributed by atoms with E-state index < -0.39 is 23.5 Å². The van der Waals surface area contributed by atoms with Gasteiger partial charge in [0.2, 0.25) is 0 Å². The van der Waals surface area contributed by atoms with Gasteiger partial charge in [-0.2, -0.15) is 0 Å². The number of anilines is 1. The van der Waals surface area contributed by atoms with E-state index in [0.717, 1.165) is 17.8 Å². The number of benzene rings is 2. The maximum Gasteiger partial charge on any atom is 0.338 e. The number of amides is 1. The highest BCUT2D eigenvalue weighted by Gasteiger charge is 2.37. The molecule has 2 aliphatic heterocycles. The third kappa shape index (κ3) is 4.18. The topological polar surface area (TPSA) is 99.0 Å². The number of allylic oxidation sites excluding steroid dienone is 1. The standard InChI is InChI=1S/C27H24ClN3O5S/c1-4-8-18-21(26(34)36-5-2)22(15-9-6-7-10-19(15)35-3)31-25(33)23(37-27(31)30-18)20-16-13-14(28)11-12-17(16)29-24(20)32/h6-7,9-13,22H,4-5,8H2,1-3H3,(H,29,32)/b23-20-/t22-/m0/s1. The van der Waals surface area contributed by atoms with Crippen LogP contribution in [0.4, 0.5) is 5.69 Å². The monoisotopic (exact) mass is 537 g/mol. The minimum absolute atomic E-state index is 0.173. The van der Waals surface area contributed by atoms with E-state index in [0.29, 0.717) is 44.5 Å². The van der Waals surface area contributed by atoms with Crippen molar-refractivity contribution in [1.29, 1.82) is 0 Å². The van der Waals surface area contributed by atoms with Gasteiger partial charge >= 0.3 is 5.97 Å². The van der Waals surface area contributed by atoms with E-state index in [1.165, 1.54) is 11.7 Å². The molecule has 0 saturated carbocycles. The van der Waals surface area contributed by atoms with E-state index in [-0.39, 0.29) is 22.3 Å². The summed E-state index contributed by atoms with van der Waals surface area (Å²) in [6, 6.07) is 11.4. The summed E-state index contributed by atoms with van der Waals surface area (Å²) < 4.78 is 12.7. The molecule has 3 aromatic rings. The van der Waals surface area contributed by atoms with E-state index in [1.54, 1.807) is 31.2 Å². The van der Waals surface area contributed by atoms with Crippen LogP contribution in [0.3, 0.4) is 0 Å². The zero-order valence-electron chi connectivity index (χ0n) is 20.5. The lowest BCUT2D eigenvalue weighted by molar-refractivity contribution is -0.139. The van der Waals surface area contributed by atoms with Crippen molar-refractivity contribution in [1.82, 2.24) is 4.57 Å². The molecule has 2 aromatic carbocycles. The summed E-state index contributed by atoms with van der Waals surface area (Å²) in [6.07, 6.45) is 1.24. The maximum atomic E-state index is 14.1. The van der Waals surface area contributed by atoms with Crippen molar-refractivity contribution in [3.05, 3.63) is 89.6 Å². The largest absolute Gasteiger partial charge is 0.496 e. The number of nitrogens with zero attached hydrogens (tertiary/aromatic N) is 2. The molecule has 1 N–H and O–H groups in total. The Morgan fingerprint density at radius 2 is 1.97 bits per heavy atom. The van der Waals surface area contributed by atoms with Gasteiger partial charge in [0.25, 0.3) is 11.5 Å². The number of hydrogen-bond acceptors (Lipinski definition) is 7. The number of thiazole rings is 1. The first-order valence-electron chi connectivity index (χ1n) is 11.9. The van der Waals surface area contributed by atoms with Gasteiger partial charge in [-0.25, -0.2) is 9.79 Å². The molecule has 0 radical (unpaired) electrons. The molecule has 37 heavy (non-hydrogen) atoms. The molecule has 3 heterocycles. The number of fused-ring (bicyclic) bond motifs is 2. The fraction of sp³-hybridized carbons (Fsp3) is 0.259. The molecule has 0 saturated heterocycles. The molecule has 10 heteroatoms. The Labute approximate surface area is 221 Å². The van der Waals surface area contributed by atoms with E-state index in [9.17, 15) is 14.4 Å². The fourth-order valence-corrected chi connectivity index (χ4v) is 6.01. The summed E-state index contributed by atoms with van der Waals surface area (Å²) in [6.45, 7) is 3.89. The first-order valence-corrected chi connectivity index (χ1v) is 13.1. The lowest BCUT2D eigenvalue weighted by Gasteiger charge is -2.26. The smallest absolute Gasteiger partial charge is 0.338 e. The molecule has 5 rings (SSSR count). The third-order valence-electron chi connectivity index (χ3n) is 6.25. The Morgan fingerprint density at radius 1 is 1.19 bits per heavy atom. The second-order valence-electron chi connectivity index (χ2n) is 8.50. The highest BCUT2D eigenvalue weighted by atomic mass is 35.5. The van der Waals surface area contributed by atoms with Crippen molar-refractivity contribution in [2.45, 2.75) is 32.7 Å². The van der Waals surface area contributed by atoms with Gasteiger partial charge < -0.3 is 14.8 Å². The van der Waals surface area contributed by atoms with Crippen LogP contribution in [0.1, 0.15) is 43.9 Å². The number of carbonyl (C=O) groups excluding carboxylic acids is 2. The Morgan fingerprint density at radius 3 is 2.70 bits per heavy atom. The molecule has 190 valence electrons. The quantitative estimate of drug-likeness (QED) is 0.485. The van der Waals surface area contributed by atoms with Crippen LogP contribution in [0.25, 0.3) is 5.57 Å². The van der Waals surface area contributed by atoms with Gasteiger partial charge in [-0.05, 0) is 37.6 Å². The number of halogens is 1. The minimum Gasteiger partial charge on any atom is -0.496 e. The number of aromatic nitrogens is 1. The molecular weight excluding hydrogens is 514 g/mol. The number of ether oxygens (including phenoxy) is 2. The van der Waals surface area contributed by atoms with Crippen molar-refractivity contribution in [3.8, 4) is 5.75 Å². The van der Waals surface area contributed by atoms with Gasteiger partial charge in [0.1, 0.15) is 16.3 Å². The first-order chi connectivity index (χ1) is 17.9. The van der Waals surface area contributed by atoms with E-state index in [1.807, 2.05) is 25.1 Å². The first kappa shape index (κ1) is 25.0. The van der Waals surface area contributed by atoms with Crippen LogP contribution in [0.2, 0.25) is 5.02 Å². The predicted octanol–water partition coefficient (Wildman–Crippen LogP) is 3.56. The molecule has 0 bridgehead atoms. The Balaban J connectivity index is 1.87. The van der Waals surface area contributed by atoms with Gasteiger partial charge in [0, 0.05) is 21.8 Å². The summed E-state index contributed by atoms with van der Waals surface area (Å²) in [5.74, 6) is -0.421. The average Bonchev–Trinajstić information content (AvgIpc) is 3.38. The summed E-state index contributed by atoms with van der Waals surface area (Å²) >= 11 is 7.33. The van der Waals surface area contributed by atoms with Gasteiger partial charge in [0.05, 0.1) is 30.6 Å². The highest BCUT2D eigenvalue weighted by Crippen LogP contribution is 2.37. The molecular formula is C27H24ClN3O5S. The molecule has 1 atom stereocenters. The van der Waals surface area contributed by atoms with Crippen LogP contribution < -0.4 is 24.9 Å². The second-order valence-corrected chi connectivity index (χ2v) is 9.91. The predicted molar refractivity (Wildman–Crippen MR) is 142 cm³/mol. The number of methoxy groups -OCH3 is 1. The van der Waals surface area contributed by atoms with Crippen LogP contribution in [0, 0.1) is 0 Å². The van der Waals surface area contributed by atoms with Crippen molar-refractivity contribution >= 4 is 46.1 Å². The molecule has 0 unspecified atom stereocenters. The van der Waals surface area contributed by atoms with E-state index in [4.69, 9.17) is 26.1 Å².